The number of nitrogens with zero attached hydrogens (tertiary/aromatic N) is 1. The Labute approximate surface area is 233 Å². The predicted octanol–water partition coefficient (Wildman–Crippen LogP) is 7.17. The highest BCUT2D eigenvalue weighted by Gasteiger charge is 2.13. The molecule has 0 unspecified atom stereocenters. The van der Waals surface area contributed by atoms with Crippen molar-refractivity contribution in [3.05, 3.63) is 88.9 Å². The number of anilines is 2. The van der Waals surface area contributed by atoms with Crippen LogP contribution in [0.15, 0.2) is 72.8 Å². The number of hydrogen-bond donors (Lipinski definition) is 2. The van der Waals surface area contributed by atoms with Crippen molar-refractivity contribution in [3.63, 3.8) is 0 Å². The molecule has 0 spiro atoms. The van der Waals surface area contributed by atoms with E-state index in [0.29, 0.717) is 16.7 Å². The number of ether oxygens (including phenoxy) is 1. The summed E-state index contributed by atoms with van der Waals surface area (Å²) in [5, 5.41) is 13.4. The first kappa shape index (κ1) is 32.5. The molecule has 0 radical (unpaired) electrons. The van der Waals surface area contributed by atoms with Gasteiger partial charge in [-0.05, 0) is 68.2 Å². The fourth-order valence-corrected chi connectivity index (χ4v) is 4.09. The molecule has 0 saturated carbocycles. The topological polar surface area (TPSA) is 61.8 Å². The number of carbonyl (C=O) groups is 1. The number of benzene rings is 3. The van der Waals surface area contributed by atoms with E-state index < -0.39 is 0 Å². The van der Waals surface area contributed by atoms with Crippen LogP contribution in [0.25, 0.3) is 0 Å². The maximum atomic E-state index is 12.3. The minimum absolute atomic E-state index is 0. The lowest BCUT2D eigenvalue weighted by Gasteiger charge is -2.20. The average Bonchev–Trinajstić information content (AvgIpc) is 2.86. The van der Waals surface area contributed by atoms with E-state index in [1.165, 1.54) is 0 Å². The number of carbonyl (C=O) groups excluding carboxylic acids is 1. The Bertz CT molecular complexity index is 1080. The largest absolute Gasteiger partial charge is 0.426 e. The Balaban J connectivity index is 0.000000533. The first-order valence-corrected chi connectivity index (χ1v) is 12.8. The van der Waals surface area contributed by atoms with E-state index in [2.05, 4.69) is 24.1 Å². The van der Waals surface area contributed by atoms with E-state index in [4.69, 9.17) is 16.3 Å². The molecule has 0 aliphatic rings. The smallest absolute Gasteiger partial charge is 0.315 e. The molecular formula is C30H40Cl2N2O3. The molecular weight excluding hydrogens is 507 g/mol. The molecule has 0 fully saturated rings. The number of halogens is 2. The molecule has 3 rings (SSSR count). The Morgan fingerprint density at radius 3 is 2.22 bits per heavy atom. The van der Waals surface area contributed by atoms with Crippen molar-refractivity contribution in [2.75, 3.05) is 26.0 Å². The standard InChI is InChI=1S/C22H20ClNO2.C8H19NO.ClH/c1-2-16-10-8-13-19(23)22(16)24-20-14-7-6-9-17(20)15-21(25)26-18-11-4-3-5-12-18;1-5-8(10)7(2)6-9(3)4;/h3-14,24H,2,15H2,1H3;7-8,10H,5-6H2,1-4H3;1H/t;7-,8-;/m.1./s1. The van der Waals surface area contributed by atoms with Crippen molar-refractivity contribution >= 4 is 41.4 Å². The normalized spacial score (nSPS) is 12.0. The summed E-state index contributed by atoms with van der Waals surface area (Å²) in [6.45, 7) is 7.14. The maximum absolute atomic E-state index is 12.3. The van der Waals surface area contributed by atoms with E-state index in [1.807, 2.05) is 81.7 Å². The summed E-state index contributed by atoms with van der Waals surface area (Å²) in [6, 6.07) is 22.6. The summed E-state index contributed by atoms with van der Waals surface area (Å²) in [7, 11) is 4.05. The highest BCUT2D eigenvalue weighted by Crippen LogP contribution is 2.31. The van der Waals surface area contributed by atoms with Gasteiger partial charge in [0.15, 0.2) is 0 Å². The van der Waals surface area contributed by atoms with Gasteiger partial charge in [0.25, 0.3) is 0 Å². The summed E-state index contributed by atoms with van der Waals surface area (Å²) in [5.74, 6) is 0.627. The van der Waals surface area contributed by atoms with Crippen LogP contribution in [0.4, 0.5) is 11.4 Å². The van der Waals surface area contributed by atoms with Crippen molar-refractivity contribution in [2.45, 2.75) is 46.1 Å². The monoisotopic (exact) mass is 546 g/mol. The maximum Gasteiger partial charge on any atom is 0.315 e. The Hall–Kier alpha value is -2.57. The molecule has 0 amide bonds. The van der Waals surface area contributed by atoms with Crippen molar-refractivity contribution in [2.24, 2.45) is 5.92 Å². The van der Waals surface area contributed by atoms with Crippen LogP contribution in [0.3, 0.4) is 0 Å². The van der Waals surface area contributed by atoms with Crippen LogP contribution in [0.1, 0.15) is 38.3 Å². The van der Waals surface area contributed by atoms with Gasteiger partial charge in [-0.15, -0.1) is 12.4 Å². The molecule has 0 saturated heterocycles. The van der Waals surface area contributed by atoms with Gasteiger partial charge in [0.2, 0.25) is 0 Å². The lowest BCUT2D eigenvalue weighted by atomic mass is 10.0. The molecule has 0 aliphatic heterocycles. The predicted molar refractivity (Wildman–Crippen MR) is 158 cm³/mol. The zero-order valence-corrected chi connectivity index (χ0v) is 24.0. The van der Waals surface area contributed by atoms with E-state index in [1.54, 1.807) is 12.1 Å². The zero-order chi connectivity index (χ0) is 26.5. The molecule has 0 aromatic heterocycles. The van der Waals surface area contributed by atoms with Crippen LogP contribution in [-0.2, 0) is 17.6 Å². The second kappa shape index (κ2) is 17.0. The molecule has 3 aromatic rings. The number of para-hydroxylation sites is 3. The quantitative estimate of drug-likeness (QED) is 0.208. The molecule has 2 N–H and O–H groups in total. The van der Waals surface area contributed by atoms with Crippen LogP contribution >= 0.6 is 24.0 Å². The highest BCUT2D eigenvalue weighted by molar-refractivity contribution is 6.33. The zero-order valence-electron chi connectivity index (χ0n) is 22.4. The molecule has 7 heteroatoms. The second-order valence-corrected chi connectivity index (χ2v) is 9.50. The number of rotatable bonds is 10. The molecule has 5 nitrogen and oxygen atoms in total. The van der Waals surface area contributed by atoms with Crippen molar-refractivity contribution < 1.29 is 14.6 Å². The average molecular weight is 548 g/mol. The lowest BCUT2D eigenvalue weighted by Crippen LogP contribution is -2.28. The van der Waals surface area contributed by atoms with Crippen molar-refractivity contribution in [1.29, 1.82) is 0 Å². The van der Waals surface area contributed by atoms with Gasteiger partial charge in [-0.3, -0.25) is 4.79 Å². The Morgan fingerprint density at radius 1 is 0.973 bits per heavy atom. The summed E-state index contributed by atoms with van der Waals surface area (Å²) >= 11 is 6.37. The van der Waals surface area contributed by atoms with Crippen LogP contribution in [0.2, 0.25) is 5.02 Å². The van der Waals surface area contributed by atoms with E-state index in [9.17, 15) is 9.90 Å². The van der Waals surface area contributed by atoms with Gasteiger partial charge in [0.1, 0.15) is 5.75 Å². The van der Waals surface area contributed by atoms with Gasteiger partial charge in [-0.25, -0.2) is 0 Å². The van der Waals surface area contributed by atoms with Gasteiger partial charge in [-0.2, -0.15) is 0 Å². The number of aliphatic hydroxyl groups is 1. The number of aryl methyl sites for hydroxylation is 1. The first-order valence-electron chi connectivity index (χ1n) is 12.5. The third kappa shape index (κ3) is 11.1. The van der Waals surface area contributed by atoms with Crippen molar-refractivity contribution in [1.82, 2.24) is 4.90 Å². The van der Waals surface area contributed by atoms with Crippen LogP contribution in [-0.4, -0.2) is 42.7 Å². The van der Waals surface area contributed by atoms with E-state index in [-0.39, 0.29) is 30.9 Å². The molecule has 37 heavy (non-hydrogen) atoms. The highest BCUT2D eigenvalue weighted by atomic mass is 35.5. The Kier molecular flexibility index (Phi) is 14.9. The third-order valence-corrected chi connectivity index (χ3v) is 6.11. The SMILES string of the molecule is CC[C@@H](O)[C@H](C)CN(C)C.CCc1cccc(Cl)c1Nc1ccccc1CC(=O)Oc1ccccc1.Cl. The fourth-order valence-electron chi connectivity index (χ4n) is 3.85. The van der Waals surface area contributed by atoms with E-state index in [0.717, 1.165) is 41.9 Å². The van der Waals surface area contributed by atoms with Gasteiger partial charge in [-0.1, -0.05) is 80.9 Å². The molecule has 0 aliphatic carbocycles. The lowest BCUT2D eigenvalue weighted by molar-refractivity contribution is -0.133. The molecule has 0 heterocycles. The summed E-state index contributed by atoms with van der Waals surface area (Å²) in [5.41, 5.74) is 3.70. The molecule has 0 bridgehead atoms. The molecule has 3 aromatic carbocycles. The van der Waals surface area contributed by atoms with Gasteiger partial charge in [0.05, 0.1) is 23.2 Å². The Morgan fingerprint density at radius 2 is 1.59 bits per heavy atom. The van der Waals surface area contributed by atoms with Crippen LogP contribution in [0, 0.1) is 5.92 Å². The second-order valence-electron chi connectivity index (χ2n) is 9.09. The van der Waals surface area contributed by atoms with Gasteiger partial charge >= 0.3 is 5.97 Å². The number of esters is 1. The van der Waals surface area contributed by atoms with Crippen LogP contribution in [0.5, 0.6) is 5.75 Å². The number of aliphatic hydroxyl groups excluding tert-OH is 1. The number of hydrogen-bond acceptors (Lipinski definition) is 5. The van der Waals surface area contributed by atoms with Crippen LogP contribution < -0.4 is 10.1 Å². The number of nitrogens with one attached hydrogen (secondary N) is 1. The van der Waals surface area contributed by atoms with Gasteiger partial charge in [0, 0.05) is 12.2 Å². The molecule has 202 valence electrons. The third-order valence-electron chi connectivity index (χ3n) is 5.80. The summed E-state index contributed by atoms with van der Waals surface area (Å²) in [4.78, 5) is 14.4. The van der Waals surface area contributed by atoms with Crippen molar-refractivity contribution in [3.8, 4) is 5.75 Å². The molecule has 2 atom stereocenters. The minimum atomic E-state index is -0.305. The van der Waals surface area contributed by atoms with E-state index >= 15 is 0 Å². The summed E-state index contributed by atoms with van der Waals surface area (Å²) < 4.78 is 5.40. The van der Waals surface area contributed by atoms with Gasteiger partial charge < -0.3 is 20.1 Å². The summed E-state index contributed by atoms with van der Waals surface area (Å²) in [6.07, 6.45) is 1.75. The fraction of sp³-hybridized carbons (Fsp3) is 0.367. The first-order chi connectivity index (χ1) is 17.2. The minimum Gasteiger partial charge on any atom is -0.426 e.